The Balaban J connectivity index is 1.70. The lowest BCUT2D eigenvalue weighted by Crippen LogP contribution is -2.50. The summed E-state index contributed by atoms with van der Waals surface area (Å²) in [6, 6.07) is 3.14. The number of hydrogen-bond acceptors (Lipinski definition) is 5. The number of benzene rings is 1. The molecule has 0 atom stereocenters. The van der Waals surface area contributed by atoms with Gasteiger partial charge in [0.25, 0.3) is 10.2 Å². The summed E-state index contributed by atoms with van der Waals surface area (Å²) in [6.07, 6.45) is -4.43. The van der Waals surface area contributed by atoms with Crippen LogP contribution in [0.5, 0.6) is 0 Å². The molecule has 2 aromatic rings. The molecule has 1 aromatic heterocycles. The molecule has 2 N–H and O–H groups in total. The van der Waals surface area contributed by atoms with Gasteiger partial charge in [-0.15, -0.1) is 0 Å². The van der Waals surface area contributed by atoms with Crippen LogP contribution in [0.2, 0.25) is 0 Å². The van der Waals surface area contributed by atoms with E-state index in [0.29, 0.717) is 13.1 Å². The van der Waals surface area contributed by atoms with Gasteiger partial charge in [-0.3, -0.25) is 4.90 Å². The molecule has 24 heavy (non-hydrogen) atoms. The largest absolute Gasteiger partial charge is 0.439 e. The number of piperazine rings is 1. The first-order valence-electron chi connectivity index (χ1n) is 7.10. The molecule has 11 heteroatoms. The van der Waals surface area contributed by atoms with Crippen molar-refractivity contribution in [1.29, 1.82) is 0 Å². The Kier molecular flexibility index (Phi) is 4.28. The van der Waals surface area contributed by atoms with Gasteiger partial charge in [0.05, 0.1) is 12.1 Å². The first-order valence-corrected chi connectivity index (χ1v) is 8.60. The van der Waals surface area contributed by atoms with Crippen molar-refractivity contribution >= 4 is 21.3 Å². The molecular weight excluding hydrogens is 349 g/mol. The van der Waals surface area contributed by atoms with E-state index in [2.05, 4.69) is 4.98 Å². The minimum atomic E-state index is -4.43. The summed E-state index contributed by atoms with van der Waals surface area (Å²) in [5.74, 6) is 0.286. The van der Waals surface area contributed by atoms with Crippen LogP contribution in [0.3, 0.4) is 0 Å². The molecule has 0 aliphatic carbocycles. The van der Waals surface area contributed by atoms with Gasteiger partial charge in [0.2, 0.25) is 5.89 Å². The molecule has 1 aromatic carbocycles. The Hall–Kier alpha value is -1.69. The van der Waals surface area contributed by atoms with Crippen LogP contribution in [0.15, 0.2) is 22.6 Å². The third-order valence-electron chi connectivity index (χ3n) is 3.81. The van der Waals surface area contributed by atoms with Crippen LogP contribution in [-0.2, 0) is 22.9 Å². The average Bonchev–Trinajstić information content (AvgIpc) is 2.87. The Morgan fingerprint density at radius 2 is 1.88 bits per heavy atom. The summed E-state index contributed by atoms with van der Waals surface area (Å²) in [5, 5.41) is 5.07. The normalized spacial score (nSPS) is 18.3. The van der Waals surface area contributed by atoms with Crippen molar-refractivity contribution in [1.82, 2.24) is 14.2 Å². The van der Waals surface area contributed by atoms with E-state index in [1.54, 1.807) is 0 Å². The molecule has 0 amide bonds. The molecular formula is C13H15F3N4O3S. The second kappa shape index (κ2) is 5.99. The fourth-order valence-corrected chi connectivity index (χ4v) is 3.22. The van der Waals surface area contributed by atoms with Crippen LogP contribution in [0.4, 0.5) is 13.2 Å². The van der Waals surface area contributed by atoms with E-state index < -0.39 is 21.9 Å². The molecule has 1 aliphatic heterocycles. The number of halogens is 3. The van der Waals surface area contributed by atoms with E-state index >= 15 is 0 Å². The van der Waals surface area contributed by atoms with Crippen molar-refractivity contribution in [2.75, 3.05) is 26.2 Å². The van der Waals surface area contributed by atoms with Crippen molar-refractivity contribution < 1.29 is 26.0 Å². The lowest BCUT2D eigenvalue weighted by atomic mass is 10.2. The van der Waals surface area contributed by atoms with Crippen LogP contribution in [0.1, 0.15) is 11.5 Å². The van der Waals surface area contributed by atoms with Gasteiger partial charge in [-0.25, -0.2) is 10.1 Å². The molecule has 1 fully saturated rings. The molecule has 2 heterocycles. The quantitative estimate of drug-likeness (QED) is 0.883. The van der Waals surface area contributed by atoms with Gasteiger partial charge in [-0.2, -0.15) is 25.9 Å². The third-order valence-corrected chi connectivity index (χ3v) is 4.89. The zero-order valence-corrected chi connectivity index (χ0v) is 13.3. The van der Waals surface area contributed by atoms with Crippen molar-refractivity contribution in [2.45, 2.75) is 12.7 Å². The van der Waals surface area contributed by atoms with Crippen molar-refractivity contribution in [3.05, 3.63) is 29.7 Å². The van der Waals surface area contributed by atoms with E-state index in [1.807, 2.05) is 4.90 Å². The van der Waals surface area contributed by atoms with Crippen LogP contribution < -0.4 is 5.14 Å². The Bertz CT molecular complexity index is 842. The number of oxazole rings is 1. The van der Waals surface area contributed by atoms with Crippen LogP contribution in [0, 0.1) is 0 Å². The van der Waals surface area contributed by atoms with E-state index in [4.69, 9.17) is 9.56 Å². The van der Waals surface area contributed by atoms with Gasteiger partial charge in [-0.1, -0.05) is 0 Å². The molecule has 1 saturated heterocycles. The fourth-order valence-electron chi connectivity index (χ4n) is 2.55. The lowest BCUT2D eigenvalue weighted by Gasteiger charge is -2.31. The van der Waals surface area contributed by atoms with Crippen molar-refractivity contribution in [3.63, 3.8) is 0 Å². The molecule has 132 valence electrons. The van der Waals surface area contributed by atoms with E-state index in [1.165, 1.54) is 10.4 Å². The molecule has 3 rings (SSSR count). The van der Waals surface area contributed by atoms with Gasteiger partial charge in [0.15, 0.2) is 5.58 Å². The third kappa shape index (κ3) is 3.69. The maximum absolute atomic E-state index is 12.7. The summed E-state index contributed by atoms with van der Waals surface area (Å²) < 4.78 is 67.2. The second-order valence-electron chi connectivity index (χ2n) is 5.51. The number of aromatic nitrogens is 1. The number of nitrogens with two attached hydrogens (primary N) is 1. The minimum Gasteiger partial charge on any atom is -0.439 e. The first kappa shape index (κ1) is 17.1. The molecule has 0 saturated carbocycles. The fraction of sp³-hybridized carbons (Fsp3) is 0.462. The highest BCUT2D eigenvalue weighted by Gasteiger charge is 2.31. The molecule has 1 aliphatic rings. The second-order valence-corrected chi connectivity index (χ2v) is 7.05. The molecule has 0 spiro atoms. The number of fused-ring (bicyclic) bond motifs is 1. The smallest absolute Gasteiger partial charge is 0.416 e. The van der Waals surface area contributed by atoms with Gasteiger partial charge in [-0.05, 0) is 18.2 Å². The van der Waals surface area contributed by atoms with Crippen LogP contribution in [-0.4, -0.2) is 48.8 Å². The first-order chi connectivity index (χ1) is 11.1. The Labute approximate surface area is 136 Å². The Morgan fingerprint density at radius 1 is 1.21 bits per heavy atom. The SMILES string of the molecule is NS(=O)(=O)N1CCN(Cc2nc3cc(C(F)(F)F)ccc3o2)CC1. The van der Waals surface area contributed by atoms with Gasteiger partial charge >= 0.3 is 6.18 Å². The molecule has 0 radical (unpaired) electrons. The molecule has 0 unspecified atom stereocenters. The van der Waals surface area contributed by atoms with Crippen LogP contribution in [0.25, 0.3) is 11.1 Å². The highest BCUT2D eigenvalue weighted by molar-refractivity contribution is 7.86. The number of rotatable bonds is 3. The minimum absolute atomic E-state index is 0.142. The highest BCUT2D eigenvalue weighted by Crippen LogP contribution is 2.31. The summed E-state index contributed by atoms with van der Waals surface area (Å²) >= 11 is 0. The van der Waals surface area contributed by atoms with E-state index in [0.717, 1.165) is 12.1 Å². The zero-order valence-electron chi connectivity index (χ0n) is 12.5. The standard InChI is InChI=1S/C13H15F3N4O3S/c14-13(15,16)9-1-2-11-10(7-9)18-12(23-11)8-19-3-5-20(6-4-19)24(17,21)22/h1-2,7H,3-6,8H2,(H2,17,21,22). The lowest BCUT2D eigenvalue weighted by molar-refractivity contribution is -0.137. The summed E-state index contributed by atoms with van der Waals surface area (Å²) in [7, 11) is -3.70. The predicted molar refractivity (Wildman–Crippen MR) is 79.0 cm³/mol. The molecule has 0 bridgehead atoms. The number of nitrogens with zero attached hydrogens (tertiary/aromatic N) is 3. The van der Waals surface area contributed by atoms with Crippen molar-refractivity contribution in [3.8, 4) is 0 Å². The highest BCUT2D eigenvalue weighted by atomic mass is 32.2. The summed E-state index contributed by atoms with van der Waals surface area (Å²) in [4.78, 5) is 5.98. The number of alkyl halides is 3. The molecule has 7 nitrogen and oxygen atoms in total. The maximum atomic E-state index is 12.7. The zero-order chi connectivity index (χ0) is 17.5. The van der Waals surface area contributed by atoms with E-state index in [9.17, 15) is 21.6 Å². The van der Waals surface area contributed by atoms with Crippen molar-refractivity contribution in [2.24, 2.45) is 5.14 Å². The van der Waals surface area contributed by atoms with Gasteiger partial charge < -0.3 is 4.42 Å². The van der Waals surface area contributed by atoms with Gasteiger partial charge in [0, 0.05) is 26.2 Å². The topological polar surface area (TPSA) is 92.7 Å². The average molecular weight is 364 g/mol. The Morgan fingerprint density at radius 3 is 2.46 bits per heavy atom. The number of hydrogen-bond donors (Lipinski definition) is 1. The monoisotopic (exact) mass is 364 g/mol. The maximum Gasteiger partial charge on any atom is 0.416 e. The van der Waals surface area contributed by atoms with Crippen LogP contribution >= 0.6 is 0 Å². The van der Waals surface area contributed by atoms with E-state index in [-0.39, 0.29) is 36.6 Å². The summed E-state index contributed by atoms with van der Waals surface area (Å²) in [5.41, 5.74) is -0.360. The predicted octanol–water partition coefficient (Wildman–Crippen LogP) is 1.17. The summed E-state index contributed by atoms with van der Waals surface area (Å²) in [6.45, 7) is 1.65. The van der Waals surface area contributed by atoms with Gasteiger partial charge in [0.1, 0.15) is 5.52 Å².